The first-order chi connectivity index (χ1) is 9.15. The van der Waals surface area contributed by atoms with E-state index in [0.717, 1.165) is 6.42 Å². The quantitative estimate of drug-likeness (QED) is 0.814. The van der Waals surface area contributed by atoms with E-state index in [9.17, 15) is 9.18 Å². The summed E-state index contributed by atoms with van der Waals surface area (Å²) in [5.41, 5.74) is 6.42. The predicted octanol–water partition coefficient (Wildman–Crippen LogP) is 3.71. The van der Waals surface area contributed by atoms with E-state index in [1.54, 1.807) is 0 Å². The number of hydrogen-bond acceptors (Lipinski definition) is 2. The van der Waals surface area contributed by atoms with Crippen LogP contribution in [0.15, 0.2) is 18.2 Å². The van der Waals surface area contributed by atoms with Gasteiger partial charge in [0.1, 0.15) is 5.82 Å². The first-order valence-corrected chi connectivity index (χ1v) is 7.00. The number of halogens is 1. The van der Waals surface area contributed by atoms with Crippen LogP contribution in [-0.4, -0.2) is 5.91 Å². The molecule has 1 saturated carbocycles. The van der Waals surface area contributed by atoms with Crippen LogP contribution in [0.2, 0.25) is 0 Å². The molecule has 0 unspecified atom stereocenters. The summed E-state index contributed by atoms with van der Waals surface area (Å²) in [5, 5.41) is 2.75. The topological polar surface area (TPSA) is 55.1 Å². The Bertz CT molecular complexity index is 442. The molecule has 1 aromatic rings. The number of nitrogen functional groups attached to an aromatic ring is 1. The van der Waals surface area contributed by atoms with Gasteiger partial charge in [-0.1, -0.05) is 32.1 Å². The van der Waals surface area contributed by atoms with E-state index in [0.29, 0.717) is 18.0 Å². The van der Waals surface area contributed by atoms with Crippen molar-refractivity contribution in [2.24, 2.45) is 5.92 Å². The van der Waals surface area contributed by atoms with Gasteiger partial charge >= 0.3 is 0 Å². The van der Waals surface area contributed by atoms with E-state index >= 15 is 0 Å². The molecule has 3 N–H and O–H groups in total. The van der Waals surface area contributed by atoms with Gasteiger partial charge in [-0.2, -0.15) is 0 Å². The van der Waals surface area contributed by atoms with Crippen LogP contribution in [-0.2, 0) is 4.79 Å². The summed E-state index contributed by atoms with van der Waals surface area (Å²) in [6, 6.07) is 4.02. The third kappa shape index (κ3) is 4.23. The van der Waals surface area contributed by atoms with Crippen molar-refractivity contribution in [1.82, 2.24) is 0 Å². The summed E-state index contributed by atoms with van der Waals surface area (Å²) in [7, 11) is 0. The normalized spacial score (nSPS) is 16.3. The number of hydrogen-bond donors (Lipinski definition) is 2. The molecule has 104 valence electrons. The van der Waals surface area contributed by atoms with Gasteiger partial charge < -0.3 is 11.1 Å². The molecule has 3 nitrogen and oxygen atoms in total. The number of amides is 1. The van der Waals surface area contributed by atoms with Crippen molar-refractivity contribution in [3.63, 3.8) is 0 Å². The molecular weight excluding hydrogens is 243 g/mol. The van der Waals surface area contributed by atoms with Crippen molar-refractivity contribution in [3.05, 3.63) is 24.0 Å². The lowest BCUT2D eigenvalue weighted by molar-refractivity contribution is -0.116. The van der Waals surface area contributed by atoms with E-state index in [4.69, 9.17) is 5.73 Å². The highest BCUT2D eigenvalue weighted by atomic mass is 19.1. The Hall–Kier alpha value is -1.58. The zero-order valence-corrected chi connectivity index (χ0v) is 11.1. The summed E-state index contributed by atoms with van der Waals surface area (Å²) < 4.78 is 12.9. The van der Waals surface area contributed by atoms with Crippen LogP contribution in [0.4, 0.5) is 15.8 Å². The number of anilines is 2. The largest absolute Gasteiger partial charge is 0.397 e. The predicted molar refractivity (Wildman–Crippen MR) is 75.3 cm³/mol. The number of rotatable bonds is 4. The summed E-state index contributed by atoms with van der Waals surface area (Å²) in [5.74, 6) is 0.256. The lowest BCUT2D eigenvalue weighted by Gasteiger charge is -2.21. The Labute approximate surface area is 113 Å². The fraction of sp³-hybridized carbons (Fsp3) is 0.533. The van der Waals surface area contributed by atoms with Crippen molar-refractivity contribution in [2.75, 3.05) is 11.1 Å². The van der Waals surface area contributed by atoms with Crippen LogP contribution in [0.25, 0.3) is 0 Å². The second kappa shape index (κ2) is 6.55. The van der Waals surface area contributed by atoms with Crippen LogP contribution in [0.5, 0.6) is 0 Å². The molecule has 0 bridgehead atoms. The zero-order chi connectivity index (χ0) is 13.7. The molecule has 0 heterocycles. The van der Waals surface area contributed by atoms with Gasteiger partial charge in [-0.15, -0.1) is 0 Å². The van der Waals surface area contributed by atoms with Gasteiger partial charge in [0.25, 0.3) is 0 Å². The Morgan fingerprint density at radius 1 is 1.32 bits per heavy atom. The third-order valence-electron chi connectivity index (χ3n) is 3.79. The fourth-order valence-electron chi connectivity index (χ4n) is 2.67. The van der Waals surface area contributed by atoms with E-state index in [-0.39, 0.29) is 11.6 Å². The highest BCUT2D eigenvalue weighted by Gasteiger charge is 2.15. The van der Waals surface area contributed by atoms with Gasteiger partial charge in [0.2, 0.25) is 5.91 Å². The summed E-state index contributed by atoms with van der Waals surface area (Å²) in [6.45, 7) is 0. The fourth-order valence-corrected chi connectivity index (χ4v) is 2.67. The van der Waals surface area contributed by atoms with Crippen LogP contribution in [0, 0.1) is 11.7 Å². The van der Waals surface area contributed by atoms with Crippen molar-refractivity contribution in [2.45, 2.75) is 44.9 Å². The first-order valence-electron chi connectivity index (χ1n) is 7.00. The van der Waals surface area contributed by atoms with E-state index < -0.39 is 5.82 Å². The molecule has 1 aliphatic carbocycles. The van der Waals surface area contributed by atoms with E-state index in [1.807, 2.05) is 0 Å². The molecule has 4 heteroatoms. The van der Waals surface area contributed by atoms with Crippen LogP contribution in [0.1, 0.15) is 44.9 Å². The summed E-state index contributed by atoms with van der Waals surface area (Å²) in [6.07, 6.45) is 7.84. The van der Waals surface area contributed by atoms with Gasteiger partial charge in [0, 0.05) is 6.42 Å². The number of carbonyl (C=O) groups excluding carboxylic acids is 1. The molecule has 0 aromatic heterocycles. The average Bonchev–Trinajstić information content (AvgIpc) is 2.41. The molecule has 0 spiro atoms. The molecule has 0 radical (unpaired) electrons. The Kier molecular flexibility index (Phi) is 4.77. The Balaban J connectivity index is 1.80. The molecule has 2 rings (SSSR count). The maximum Gasteiger partial charge on any atom is 0.224 e. The van der Waals surface area contributed by atoms with E-state index in [1.165, 1.54) is 50.3 Å². The second-order valence-electron chi connectivity index (χ2n) is 5.32. The number of nitrogens with two attached hydrogens (primary N) is 1. The van der Waals surface area contributed by atoms with Crippen molar-refractivity contribution in [1.29, 1.82) is 0 Å². The van der Waals surface area contributed by atoms with Gasteiger partial charge in [-0.25, -0.2) is 4.39 Å². The number of carbonyl (C=O) groups is 1. The van der Waals surface area contributed by atoms with Crippen LogP contribution in [0.3, 0.4) is 0 Å². The molecule has 0 saturated heterocycles. The van der Waals surface area contributed by atoms with Gasteiger partial charge in [-0.3, -0.25) is 4.79 Å². The summed E-state index contributed by atoms with van der Waals surface area (Å²) in [4.78, 5) is 11.8. The molecule has 0 atom stereocenters. The molecule has 1 fully saturated rings. The highest BCUT2D eigenvalue weighted by molar-refractivity contribution is 5.93. The molecule has 0 aliphatic heterocycles. The second-order valence-corrected chi connectivity index (χ2v) is 5.32. The van der Waals surface area contributed by atoms with Crippen molar-refractivity contribution >= 4 is 17.3 Å². The standard InChI is InChI=1S/C15H21FN2O/c16-12-7-8-14(13(17)10-12)18-15(19)9-6-11-4-2-1-3-5-11/h7-8,10-11H,1-6,9,17H2,(H,18,19). The minimum absolute atomic E-state index is 0.0381. The number of nitrogens with one attached hydrogen (secondary N) is 1. The maximum absolute atomic E-state index is 12.9. The van der Waals surface area contributed by atoms with E-state index in [2.05, 4.69) is 5.32 Å². The lowest BCUT2D eigenvalue weighted by atomic mass is 9.86. The minimum atomic E-state index is -0.391. The molecular formula is C15H21FN2O. The third-order valence-corrected chi connectivity index (χ3v) is 3.79. The zero-order valence-electron chi connectivity index (χ0n) is 11.1. The van der Waals surface area contributed by atoms with Crippen molar-refractivity contribution < 1.29 is 9.18 Å². The van der Waals surface area contributed by atoms with Gasteiger partial charge in [0.05, 0.1) is 11.4 Å². The van der Waals surface area contributed by atoms with Crippen LogP contribution < -0.4 is 11.1 Å². The smallest absolute Gasteiger partial charge is 0.224 e. The summed E-state index contributed by atoms with van der Waals surface area (Å²) >= 11 is 0. The van der Waals surface area contributed by atoms with Gasteiger partial charge in [0.15, 0.2) is 0 Å². The van der Waals surface area contributed by atoms with Crippen molar-refractivity contribution in [3.8, 4) is 0 Å². The highest BCUT2D eigenvalue weighted by Crippen LogP contribution is 2.27. The average molecular weight is 264 g/mol. The minimum Gasteiger partial charge on any atom is -0.397 e. The Morgan fingerprint density at radius 3 is 2.74 bits per heavy atom. The molecule has 1 aliphatic rings. The molecule has 19 heavy (non-hydrogen) atoms. The van der Waals surface area contributed by atoms with Gasteiger partial charge in [-0.05, 0) is 30.5 Å². The SMILES string of the molecule is Nc1cc(F)ccc1NC(=O)CCC1CCCCC1. The number of benzene rings is 1. The monoisotopic (exact) mass is 264 g/mol. The molecule has 1 aromatic carbocycles. The van der Waals surface area contributed by atoms with Crippen LogP contribution >= 0.6 is 0 Å². The first kappa shape index (κ1) is 13.8. The molecule has 1 amide bonds. The lowest BCUT2D eigenvalue weighted by Crippen LogP contribution is -2.15. The maximum atomic E-state index is 12.9. The Morgan fingerprint density at radius 2 is 2.05 bits per heavy atom.